The van der Waals surface area contributed by atoms with Crippen LogP contribution in [0, 0.1) is 0 Å². The van der Waals surface area contributed by atoms with Crippen molar-refractivity contribution in [3.05, 3.63) is 40.2 Å². The van der Waals surface area contributed by atoms with Crippen molar-refractivity contribution < 1.29 is 14.7 Å². The number of carbonyl (C=O) groups is 2. The molecular weight excluding hydrogens is 236 g/mol. The summed E-state index contributed by atoms with van der Waals surface area (Å²) in [6.45, 7) is 0.00801. The van der Waals surface area contributed by atoms with Gasteiger partial charge in [-0.05, 0) is 12.1 Å². The summed E-state index contributed by atoms with van der Waals surface area (Å²) in [5, 5.41) is 11.9. The van der Waals surface area contributed by atoms with Gasteiger partial charge in [-0.2, -0.15) is 0 Å². The van der Waals surface area contributed by atoms with Gasteiger partial charge in [0.2, 0.25) is 11.3 Å². The maximum Gasteiger partial charge on any atom is 0.341 e. The quantitative estimate of drug-likeness (QED) is 0.770. The molecule has 0 bridgehead atoms. The number of nitrogens with zero attached hydrogens (tertiary/aromatic N) is 1. The highest BCUT2D eigenvalue weighted by atomic mass is 16.4. The van der Waals surface area contributed by atoms with Gasteiger partial charge in [-0.3, -0.25) is 9.59 Å². The van der Waals surface area contributed by atoms with Crippen LogP contribution in [0.15, 0.2) is 29.2 Å². The number of hydrogen-bond donors (Lipinski definition) is 2. The molecule has 2 heterocycles. The molecule has 0 fully saturated rings. The highest BCUT2D eigenvalue weighted by molar-refractivity contribution is 6.05. The van der Waals surface area contributed by atoms with E-state index >= 15 is 0 Å². The van der Waals surface area contributed by atoms with Crippen LogP contribution in [-0.2, 0) is 11.3 Å². The summed E-state index contributed by atoms with van der Waals surface area (Å²) in [5.41, 5.74) is 0.228. The number of anilines is 1. The second kappa shape index (κ2) is 3.43. The molecule has 0 radical (unpaired) electrons. The molecule has 2 N–H and O–H groups in total. The number of aromatic nitrogens is 1. The third-order valence-electron chi connectivity index (χ3n) is 2.92. The molecule has 6 nitrogen and oxygen atoms in total. The molecule has 1 aliphatic heterocycles. The molecule has 0 atom stereocenters. The molecule has 0 saturated heterocycles. The summed E-state index contributed by atoms with van der Waals surface area (Å²) in [5.74, 6) is -1.53. The summed E-state index contributed by atoms with van der Waals surface area (Å²) in [6.07, 6.45) is 1.22. The number of carboxylic acids is 1. The van der Waals surface area contributed by atoms with E-state index in [0.29, 0.717) is 16.6 Å². The number of rotatable bonds is 1. The fourth-order valence-corrected chi connectivity index (χ4v) is 2.18. The topological polar surface area (TPSA) is 88.4 Å². The molecule has 6 heteroatoms. The van der Waals surface area contributed by atoms with Crippen LogP contribution in [-0.4, -0.2) is 21.6 Å². The van der Waals surface area contributed by atoms with Crippen LogP contribution in [0.3, 0.4) is 0 Å². The third-order valence-corrected chi connectivity index (χ3v) is 2.92. The van der Waals surface area contributed by atoms with Gasteiger partial charge < -0.3 is 15.0 Å². The molecule has 18 heavy (non-hydrogen) atoms. The number of hydrogen-bond acceptors (Lipinski definition) is 3. The van der Waals surface area contributed by atoms with Crippen LogP contribution in [0.1, 0.15) is 10.4 Å². The van der Waals surface area contributed by atoms with Crippen LogP contribution < -0.4 is 10.7 Å². The van der Waals surface area contributed by atoms with E-state index in [4.69, 9.17) is 5.11 Å². The van der Waals surface area contributed by atoms with E-state index in [9.17, 15) is 14.4 Å². The summed E-state index contributed by atoms with van der Waals surface area (Å²) < 4.78 is 1.49. The second-order valence-corrected chi connectivity index (χ2v) is 4.05. The van der Waals surface area contributed by atoms with E-state index in [2.05, 4.69) is 5.32 Å². The van der Waals surface area contributed by atoms with Crippen molar-refractivity contribution in [2.24, 2.45) is 0 Å². The first-order valence-electron chi connectivity index (χ1n) is 5.27. The van der Waals surface area contributed by atoms with Gasteiger partial charge in [-0.25, -0.2) is 4.79 Å². The van der Waals surface area contributed by atoms with Gasteiger partial charge in [0, 0.05) is 11.6 Å². The fourth-order valence-electron chi connectivity index (χ4n) is 2.18. The Morgan fingerprint density at radius 2 is 2.11 bits per heavy atom. The van der Waals surface area contributed by atoms with Crippen molar-refractivity contribution in [1.82, 2.24) is 4.57 Å². The van der Waals surface area contributed by atoms with Crippen molar-refractivity contribution in [3.63, 3.8) is 0 Å². The minimum absolute atomic E-state index is 0.00801. The van der Waals surface area contributed by atoms with Crippen LogP contribution in [0.4, 0.5) is 5.69 Å². The standard InChI is InChI=1S/C12H8N2O4/c15-9-5-14-4-7(12(17)18)11(16)6-2-1-3-8(13-9)10(6)14/h1-4H,5H2,(H,13,15)(H,17,18). The Kier molecular flexibility index (Phi) is 2.00. The maximum atomic E-state index is 12.0. The zero-order chi connectivity index (χ0) is 12.9. The van der Waals surface area contributed by atoms with E-state index in [1.54, 1.807) is 18.2 Å². The normalized spacial score (nSPS) is 13.4. The predicted octanol–water partition coefficient (Wildman–Crippen LogP) is 0.652. The highest BCUT2D eigenvalue weighted by Gasteiger charge is 2.21. The number of benzene rings is 1. The van der Waals surface area contributed by atoms with Crippen molar-refractivity contribution in [3.8, 4) is 0 Å². The Morgan fingerprint density at radius 3 is 2.83 bits per heavy atom. The van der Waals surface area contributed by atoms with E-state index in [0.717, 1.165) is 0 Å². The summed E-state index contributed by atoms with van der Waals surface area (Å²) >= 11 is 0. The average molecular weight is 244 g/mol. The third kappa shape index (κ3) is 1.32. The molecular formula is C12H8N2O4. The number of nitrogens with one attached hydrogen (secondary N) is 1. The van der Waals surface area contributed by atoms with Crippen molar-refractivity contribution in [1.29, 1.82) is 0 Å². The first-order valence-corrected chi connectivity index (χ1v) is 5.27. The maximum absolute atomic E-state index is 12.0. The van der Waals surface area contributed by atoms with Crippen molar-refractivity contribution >= 4 is 28.5 Å². The van der Waals surface area contributed by atoms with E-state index < -0.39 is 11.4 Å². The zero-order valence-electron chi connectivity index (χ0n) is 9.14. The molecule has 2 aromatic rings. The van der Waals surface area contributed by atoms with E-state index in [-0.39, 0.29) is 18.0 Å². The lowest BCUT2D eigenvalue weighted by Crippen LogP contribution is -2.28. The second-order valence-electron chi connectivity index (χ2n) is 4.05. The number of para-hydroxylation sites is 1. The smallest absolute Gasteiger partial charge is 0.341 e. The van der Waals surface area contributed by atoms with Crippen molar-refractivity contribution in [2.45, 2.75) is 6.54 Å². The van der Waals surface area contributed by atoms with Crippen LogP contribution in [0.5, 0.6) is 0 Å². The van der Waals surface area contributed by atoms with Gasteiger partial charge in [-0.1, -0.05) is 6.07 Å². The SMILES string of the molecule is O=C1Cn2cc(C(=O)O)c(=O)c3cccc(c32)N1. The van der Waals surface area contributed by atoms with E-state index in [1.807, 2.05) is 0 Å². The van der Waals surface area contributed by atoms with Gasteiger partial charge in [-0.15, -0.1) is 0 Å². The Labute approximate surface area is 100 Å². The molecule has 1 aromatic carbocycles. The number of amides is 1. The highest BCUT2D eigenvalue weighted by Crippen LogP contribution is 2.24. The Balaban J connectivity index is 2.50. The number of pyridine rings is 1. The molecule has 1 aliphatic rings. The van der Waals surface area contributed by atoms with Crippen LogP contribution >= 0.6 is 0 Å². The van der Waals surface area contributed by atoms with Crippen molar-refractivity contribution in [2.75, 3.05) is 5.32 Å². The molecule has 1 aromatic heterocycles. The Hall–Kier alpha value is -2.63. The van der Waals surface area contributed by atoms with Crippen LogP contribution in [0.2, 0.25) is 0 Å². The average Bonchev–Trinajstić information content (AvgIpc) is 2.32. The Bertz CT molecular complexity index is 760. The summed E-state index contributed by atoms with van der Waals surface area (Å²) in [6, 6.07) is 4.85. The molecule has 3 rings (SSSR count). The lowest BCUT2D eigenvalue weighted by Gasteiger charge is -2.20. The zero-order valence-corrected chi connectivity index (χ0v) is 9.14. The van der Waals surface area contributed by atoms with Crippen LogP contribution in [0.25, 0.3) is 10.9 Å². The monoisotopic (exact) mass is 244 g/mol. The number of aromatic carboxylic acids is 1. The summed E-state index contributed by atoms with van der Waals surface area (Å²) in [7, 11) is 0. The molecule has 90 valence electrons. The largest absolute Gasteiger partial charge is 0.477 e. The Morgan fingerprint density at radius 1 is 1.33 bits per heavy atom. The van der Waals surface area contributed by atoms with Gasteiger partial charge >= 0.3 is 5.97 Å². The molecule has 1 amide bonds. The number of carbonyl (C=O) groups excluding carboxylic acids is 1. The lowest BCUT2D eigenvalue weighted by molar-refractivity contribution is -0.116. The predicted molar refractivity (Wildman–Crippen MR) is 63.8 cm³/mol. The molecule has 0 saturated carbocycles. The molecule has 0 spiro atoms. The fraction of sp³-hybridized carbons (Fsp3) is 0.0833. The minimum atomic E-state index is -1.29. The van der Waals surface area contributed by atoms with E-state index in [1.165, 1.54) is 10.8 Å². The van der Waals surface area contributed by atoms with Gasteiger partial charge in [0.05, 0.1) is 11.2 Å². The lowest BCUT2D eigenvalue weighted by atomic mass is 10.1. The molecule has 0 unspecified atom stereocenters. The summed E-state index contributed by atoms with van der Waals surface area (Å²) in [4.78, 5) is 34.5. The minimum Gasteiger partial charge on any atom is -0.477 e. The first-order chi connectivity index (χ1) is 8.58. The van der Waals surface area contributed by atoms with Gasteiger partial charge in [0.1, 0.15) is 12.1 Å². The van der Waals surface area contributed by atoms with Gasteiger partial charge in [0.25, 0.3) is 0 Å². The van der Waals surface area contributed by atoms with Gasteiger partial charge in [0.15, 0.2) is 0 Å². The first kappa shape index (κ1) is 10.5. The molecule has 0 aliphatic carbocycles. The number of carboxylic acid groups (broad SMARTS) is 1.